The first-order chi connectivity index (χ1) is 13.0. The van der Waals surface area contributed by atoms with Gasteiger partial charge in [-0.05, 0) is 41.5 Å². The van der Waals surface area contributed by atoms with E-state index in [1.807, 2.05) is 54.6 Å². The van der Waals surface area contributed by atoms with Gasteiger partial charge in [-0.3, -0.25) is 4.79 Å². The number of hydrogen-bond donors (Lipinski definition) is 0. The molecular weight excluding hydrogens is 340 g/mol. The van der Waals surface area contributed by atoms with Crippen LogP contribution in [0.2, 0.25) is 0 Å². The quantitative estimate of drug-likeness (QED) is 0.405. The van der Waals surface area contributed by atoms with Gasteiger partial charge in [0.2, 0.25) is 0 Å². The minimum Gasteiger partial charge on any atom is -0.497 e. The average molecular weight is 370 g/mol. The summed E-state index contributed by atoms with van der Waals surface area (Å²) >= 11 is 0. The first kappa shape index (κ1) is 21.0. The summed E-state index contributed by atoms with van der Waals surface area (Å²) in [6, 6.07) is 17.6. The van der Waals surface area contributed by atoms with Gasteiger partial charge in [0, 0.05) is 13.0 Å². The van der Waals surface area contributed by atoms with Gasteiger partial charge >= 0.3 is 5.97 Å². The van der Waals surface area contributed by atoms with Crippen LogP contribution in [-0.2, 0) is 27.5 Å². The van der Waals surface area contributed by atoms with Crippen molar-refractivity contribution in [1.82, 2.24) is 0 Å². The van der Waals surface area contributed by atoms with Gasteiger partial charge < -0.3 is 14.2 Å². The molecule has 0 radical (unpaired) electrons. The molecule has 4 heteroatoms. The van der Waals surface area contributed by atoms with Gasteiger partial charge in [-0.2, -0.15) is 0 Å². The molecule has 4 nitrogen and oxygen atoms in total. The first-order valence-corrected chi connectivity index (χ1v) is 9.39. The highest BCUT2D eigenvalue weighted by atomic mass is 16.5. The van der Waals surface area contributed by atoms with E-state index in [9.17, 15) is 4.79 Å². The normalized spacial score (nSPS) is 11.2. The Bertz CT molecular complexity index is 677. The van der Waals surface area contributed by atoms with E-state index in [-0.39, 0.29) is 11.4 Å². The van der Waals surface area contributed by atoms with E-state index in [4.69, 9.17) is 14.2 Å². The number of ether oxygens (including phenoxy) is 3. The lowest BCUT2D eigenvalue weighted by molar-refractivity contribution is -0.145. The average Bonchev–Trinajstić information content (AvgIpc) is 2.69. The summed E-state index contributed by atoms with van der Waals surface area (Å²) in [4.78, 5) is 12.0. The monoisotopic (exact) mass is 370 g/mol. The van der Waals surface area contributed by atoms with Gasteiger partial charge in [0.1, 0.15) is 12.4 Å². The predicted octanol–water partition coefficient (Wildman–Crippen LogP) is 5.15. The molecule has 0 saturated heterocycles. The summed E-state index contributed by atoms with van der Waals surface area (Å²) < 4.78 is 16.3. The van der Waals surface area contributed by atoms with Crippen molar-refractivity contribution in [3.05, 3.63) is 65.7 Å². The number of benzene rings is 2. The van der Waals surface area contributed by atoms with E-state index in [0.29, 0.717) is 26.2 Å². The Morgan fingerprint density at radius 2 is 1.56 bits per heavy atom. The molecule has 0 fully saturated rings. The third-order valence-electron chi connectivity index (χ3n) is 4.60. The standard InChI is InChI=1S/C23H30O4/c1-23(2,14-13-22(24)27-18-19-7-5-4-6-8-19)15-16-26-17-20-9-11-21(25-3)12-10-20/h4-12H,13-18H2,1-3H3. The lowest BCUT2D eigenvalue weighted by atomic mass is 9.85. The van der Waals surface area contributed by atoms with E-state index in [0.717, 1.165) is 29.7 Å². The van der Waals surface area contributed by atoms with Crippen LogP contribution in [0.1, 0.15) is 44.2 Å². The lowest BCUT2D eigenvalue weighted by Crippen LogP contribution is -2.17. The molecule has 0 aliphatic carbocycles. The van der Waals surface area contributed by atoms with E-state index in [1.165, 1.54) is 0 Å². The minimum atomic E-state index is -0.147. The molecule has 27 heavy (non-hydrogen) atoms. The Labute approximate surface area is 162 Å². The van der Waals surface area contributed by atoms with Crippen molar-refractivity contribution in [1.29, 1.82) is 0 Å². The summed E-state index contributed by atoms with van der Waals surface area (Å²) in [6.07, 6.45) is 2.11. The van der Waals surface area contributed by atoms with Crippen LogP contribution in [0.15, 0.2) is 54.6 Å². The summed E-state index contributed by atoms with van der Waals surface area (Å²) in [7, 11) is 1.66. The largest absolute Gasteiger partial charge is 0.497 e. The van der Waals surface area contributed by atoms with Crippen LogP contribution in [0.3, 0.4) is 0 Å². The van der Waals surface area contributed by atoms with Gasteiger partial charge in [-0.1, -0.05) is 56.3 Å². The van der Waals surface area contributed by atoms with Crippen LogP contribution in [-0.4, -0.2) is 19.7 Å². The molecule has 0 spiro atoms. The Kier molecular flexibility index (Phi) is 8.34. The summed E-state index contributed by atoms with van der Waals surface area (Å²) in [6.45, 7) is 5.91. The second-order valence-corrected chi connectivity index (χ2v) is 7.46. The molecular formula is C23H30O4. The molecule has 0 aliphatic rings. The highest BCUT2D eigenvalue weighted by Crippen LogP contribution is 2.27. The molecule has 146 valence electrons. The molecule has 2 aromatic carbocycles. The zero-order chi connectivity index (χ0) is 19.5. The maximum Gasteiger partial charge on any atom is 0.306 e. The second kappa shape index (κ2) is 10.7. The molecule has 0 bridgehead atoms. The third-order valence-corrected chi connectivity index (χ3v) is 4.60. The fourth-order valence-electron chi connectivity index (χ4n) is 2.64. The van der Waals surface area contributed by atoms with Gasteiger partial charge in [0.05, 0.1) is 13.7 Å². The summed E-state index contributed by atoms with van der Waals surface area (Å²) in [5, 5.41) is 0. The van der Waals surface area contributed by atoms with E-state index >= 15 is 0 Å². The molecule has 0 atom stereocenters. The van der Waals surface area contributed by atoms with Gasteiger partial charge in [-0.15, -0.1) is 0 Å². The number of carbonyl (C=O) groups excluding carboxylic acids is 1. The SMILES string of the molecule is COc1ccc(COCCC(C)(C)CCC(=O)OCc2ccccc2)cc1. The van der Waals surface area contributed by atoms with E-state index < -0.39 is 0 Å². The molecule has 0 unspecified atom stereocenters. The Morgan fingerprint density at radius 3 is 2.22 bits per heavy atom. The van der Waals surface area contributed by atoms with Crippen molar-refractivity contribution in [2.75, 3.05) is 13.7 Å². The lowest BCUT2D eigenvalue weighted by Gasteiger charge is -2.24. The van der Waals surface area contributed by atoms with Crippen molar-refractivity contribution in [2.24, 2.45) is 5.41 Å². The highest BCUT2D eigenvalue weighted by Gasteiger charge is 2.19. The van der Waals surface area contributed by atoms with Gasteiger partial charge in [0.15, 0.2) is 0 Å². The summed E-state index contributed by atoms with van der Waals surface area (Å²) in [5.41, 5.74) is 2.17. The van der Waals surface area contributed by atoms with Crippen molar-refractivity contribution in [3.63, 3.8) is 0 Å². The summed E-state index contributed by atoms with van der Waals surface area (Å²) in [5.74, 6) is 0.699. The Hall–Kier alpha value is -2.33. The van der Waals surface area contributed by atoms with E-state index in [2.05, 4.69) is 13.8 Å². The number of methoxy groups -OCH3 is 1. The molecule has 2 aromatic rings. The van der Waals surface area contributed by atoms with Gasteiger partial charge in [0.25, 0.3) is 0 Å². The molecule has 0 heterocycles. The topological polar surface area (TPSA) is 44.8 Å². The number of esters is 1. The van der Waals surface area contributed by atoms with Crippen LogP contribution >= 0.6 is 0 Å². The third kappa shape index (κ3) is 8.27. The van der Waals surface area contributed by atoms with Crippen LogP contribution in [0, 0.1) is 5.41 Å². The number of carbonyl (C=O) groups is 1. The number of rotatable bonds is 11. The molecule has 0 aromatic heterocycles. The molecule has 0 saturated carbocycles. The number of hydrogen-bond acceptors (Lipinski definition) is 4. The van der Waals surface area contributed by atoms with E-state index in [1.54, 1.807) is 7.11 Å². The van der Waals surface area contributed by atoms with Crippen molar-refractivity contribution in [3.8, 4) is 5.75 Å². The maximum absolute atomic E-state index is 12.0. The van der Waals surface area contributed by atoms with Crippen LogP contribution in [0.4, 0.5) is 0 Å². The maximum atomic E-state index is 12.0. The van der Waals surface area contributed by atoms with Crippen LogP contribution in [0.25, 0.3) is 0 Å². The molecule has 0 aliphatic heterocycles. The fourth-order valence-corrected chi connectivity index (χ4v) is 2.64. The highest BCUT2D eigenvalue weighted by molar-refractivity contribution is 5.69. The minimum absolute atomic E-state index is 0.0334. The van der Waals surface area contributed by atoms with Gasteiger partial charge in [-0.25, -0.2) is 0 Å². The molecule has 2 rings (SSSR count). The Balaban J connectivity index is 1.61. The fraction of sp³-hybridized carbons (Fsp3) is 0.435. The first-order valence-electron chi connectivity index (χ1n) is 9.39. The van der Waals surface area contributed by atoms with Crippen LogP contribution < -0.4 is 4.74 Å². The van der Waals surface area contributed by atoms with Crippen molar-refractivity contribution >= 4 is 5.97 Å². The zero-order valence-corrected chi connectivity index (χ0v) is 16.6. The molecule has 0 N–H and O–H groups in total. The smallest absolute Gasteiger partial charge is 0.306 e. The predicted molar refractivity (Wildman–Crippen MR) is 107 cm³/mol. The molecule has 0 amide bonds. The second-order valence-electron chi connectivity index (χ2n) is 7.46. The zero-order valence-electron chi connectivity index (χ0n) is 16.6. The Morgan fingerprint density at radius 1 is 0.889 bits per heavy atom. The van der Waals surface area contributed by atoms with Crippen molar-refractivity contribution in [2.45, 2.75) is 46.3 Å². The van der Waals surface area contributed by atoms with Crippen molar-refractivity contribution < 1.29 is 19.0 Å². The van der Waals surface area contributed by atoms with Crippen LogP contribution in [0.5, 0.6) is 5.75 Å².